The topological polar surface area (TPSA) is 43.4 Å². The minimum atomic E-state index is -0.779. The minimum Gasteiger partial charge on any atom is -0.450 e. The van der Waals surface area contributed by atoms with Gasteiger partial charge in [-0.2, -0.15) is 0 Å². The number of Topliss-reactive ketones (excluding diaryl/α,β-unsaturated/α-hetero) is 1. The molecule has 0 N–H and O–H groups in total. The molecule has 0 saturated heterocycles. The Morgan fingerprint density at radius 2 is 1.96 bits per heavy atom. The summed E-state index contributed by atoms with van der Waals surface area (Å²) in [6.45, 7) is 5.84. The van der Waals surface area contributed by atoms with E-state index in [0.29, 0.717) is 16.4 Å². The molecule has 126 valence electrons. The van der Waals surface area contributed by atoms with Crippen molar-refractivity contribution in [2.24, 2.45) is 5.92 Å². The third-order valence-electron chi connectivity index (χ3n) is 4.52. The molecule has 1 heterocycles. The monoisotopic (exact) mass is 342 g/mol. The molecule has 0 saturated carbocycles. The Labute approximate surface area is 146 Å². The van der Waals surface area contributed by atoms with E-state index in [4.69, 9.17) is 4.74 Å². The number of rotatable bonds is 4. The molecule has 1 aliphatic rings. The fourth-order valence-corrected chi connectivity index (χ4v) is 4.12. The zero-order valence-electron chi connectivity index (χ0n) is 14.3. The summed E-state index contributed by atoms with van der Waals surface area (Å²) in [5, 5.41) is 0. The smallest absolute Gasteiger partial charge is 0.349 e. The van der Waals surface area contributed by atoms with Gasteiger partial charge in [-0.1, -0.05) is 36.8 Å². The Morgan fingerprint density at radius 1 is 1.25 bits per heavy atom. The summed E-state index contributed by atoms with van der Waals surface area (Å²) in [5.41, 5.74) is 2.93. The number of ether oxygens (including phenoxy) is 1. The van der Waals surface area contributed by atoms with E-state index in [1.165, 1.54) is 28.2 Å². The van der Waals surface area contributed by atoms with E-state index in [9.17, 15) is 9.59 Å². The summed E-state index contributed by atoms with van der Waals surface area (Å²) < 4.78 is 5.41. The Morgan fingerprint density at radius 3 is 2.67 bits per heavy atom. The standard InChI is InChI=1S/C20H22O3S/c1-12-4-7-15(8-5-12)19(21)14(3)23-20(22)18-11-16-10-13(2)6-9-17(16)24-18/h4-5,7-8,11,13-14H,6,9-10H2,1-3H3/t13-,14+/m0/s1. The summed E-state index contributed by atoms with van der Waals surface area (Å²) >= 11 is 1.51. The molecule has 3 nitrogen and oxygen atoms in total. The van der Waals surface area contributed by atoms with E-state index in [0.717, 1.165) is 18.4 Å². The summed E-state index contributed by atoms with van der Waals surface area (Å²) in [6.07, 6.45) is 2.45. The van der Waals surface area contributed by atoms with Crippen molar-refractivity contribution in [3.63, 3.8) is 0 Å². The fourth-order valence-electron chi connectivity index (χ4n) is 3.03. The minimum absolute atomic E-state index is 0.168. The van der Waals surface area contributed by atoms with Gasteiger partial charge in [0, 0.05) is 10.4 Å². The Hall–Kier alpha value is -1.94. The highest BCUT2D eigenvalue weighted by molar-refractivity contribution is 7.14. The van der Waals surface area contributed by atoms with Crippen molar-refractivity contribution in [2.45, 2.75) is 46.1 Å². The second kappa shape index (κ2) is 6.89. The third-order valence-corrected chi connectivity index (χ3v) is 5.74. The van der Waals surface area contributed by atoms with Crippen LogP contribution in [-0.4, -0.2) is 17.9 Å². The molecular formula is C20H22O3S. The number of esters is 1. The largest absolute Gasteiger partial charge is 0.450 e. The zero-order chi connectivity index (χ0) is 17.3. The third kappa shape index (κ3) is 3.59. The van der Waals surface area contributed by atoms with Crippen LogP contribution >= 0.6 is 11.3 Å². The summed E-state index contributed by atoms with van der Waals surface area (Å²) in [7, 11) is 0. The first-order valence-corrected chi connectivity index (χ1v) is 9.19. The molecule has 1 aliphatic carbocycles. The highest BCUT2D eigenvalue weighted by Gasteiger charge is 2.24. The van der Waals surface area contributed by atoms with Crippen molar-refractivity contribution in [3.05, 3.63) is 56.8 Å². The van der Waals surface area contributed by atoms with Crippen LogP contribution in [0, 0.1) is 12.8 Å². The number of ketones is 1. The molecule has 2 atom stereocenters. The lowest BCUT2D eigenvalue weighted by molar-refractivity contribution is 0.0323. The van der Waals surface area contributed by atoms with Gasteiger partial charge in [0.1, 0.15) is 4.88 Å². The van der Waals surface area contributed by atoms with Crippen molar-refractivity contribution >= 4 is 23.1 Å². The number of carbonyl (C=O) groups excluding carboxylic acids is 2. The molecule has 0 radical (unpaired) electrons. The van der Waals surface area contributed by atoms with Crippen LogP contribution in [-0.2, 0) is 17.6 Å². The van der Waals surface area contributed by atoms with Gasteiger partial charge >= 0.3 is 5.97 Å². The molecule has 2 aromatic rings. The van der Waals surface area contributed by atoms with Crippen LogP contribution in [0.3, 0.4) is 0 Å². The first-order chi connectivity index (χ1) is 11.4. The molecule has 0 amide bonds. The first-order valence-electron chi connectivity index (χ1n) is 8.37. The van der Waals surface area contributed by atoms with E-state index >= 15 is 0 Å². The van der Waals surface area contributed by atoms with Crippen molar-refractivity contribution < 1.29 is 14.3 Å². The summed E-state index contributed by atoms with van der Waals surface area (Å²) in [5.74, 6) is 0.103. The Kier molecular flexibility index (Phi) is 4.86. The Balaban J connectivity index is 1.68. The second-order valence-electron chi connectivity index (χ2n) is 6.68. The maximum Gasteiger partial charge on any atom is 0.349 e. The number of thiophene rings is 1. The number of hydrogen-bond donors (Lipinski definition) is 0. The van der Waals surface area contributed by atoms with Gasteiger partial charge < -0.3 is 4.74 Å². The number of hydrogen-bond acceptors (Lipinski definition) is 4. The molecular weight excluding hydrogens is 320 g/mol. The van der Waals surface area contributed by atoms with Gasteiger partial charge in [-0.25, -0.2) is 4.79 Å². The van der Waals surface area contributed by atoms with Crippen LogP contribution in [0.4, 0.5) is 0 Å². The molecule has 3 rings (SSSR count). The molecule has 0 aliphatic heterocycles. The number of carbonyl (C=O) groups is 2. The van der Waals surface area contributed by atoms with Crippen LogP contribution in [0.15, 0.2) is 30.3 Å². The van der Waals surface area contributed by atoms with Crippen LogP contribution in [0.1, 0.15) is 56.3 Å². The van der Waals surface area contributed by atoms with Gasteiger partial charge in [0.05, 0.1) is 0 Å². The molecule has 24 heavy (non-hydrogen) atoms. The van der Waals surface area contributed by atoms with Crippen LogP contribution in [0.25, 0.3) is 0 Å². The number of benzene rings is 1. The fraction of sp³-hybridized carbons (Fsp3) is 0.400. The zero-order valence-corrected chi connectivity index (χ0v) is 15.1. The van der Waals surface area contributed by atoms with Crippen molar-refractivity contribution in [3.8, 4) is 0 Å². The van der Waals surface area contributed by atoms with Crippen LogP contribution in [0.2, 0.25) is 0 Å². The number of aryl methyl sites for hydroxylation is 2. The number of fused-ring (bicyclic) bond motifs is 1. The van der Waals surface area contributed by atoms with Gasteiger partial charge in [0.2, 0.25) is 5.78 Å². The van der Waals surface area contributed by atoms with Crippen LogP contribution < -0.4 is 0 Å². The van der Waals surface area contributed by atoms with E-state index < -0.39 is 12.1 Å². The average Bonchev–Trinajstić information content (AvgIpc) is 2.98. The lowest BCUT2D eigenvalue weighted by Crippen LogP contribution is -2.24. The van der Waals surface area contributed by atoms with Gasteiger partial charge in [-0.05, 0) is 50.7 Å². The molecule has 1 aromatic heterocycles. The molecule has 0 bridgehead atoms. The van der Waals surface area contributed by atoms with Crippen molar-refractivity contribution in [2.75, 3.05) is 0 Å². The SMILES string of the molecule is Cc1ccc(C(=O)[C@@H](C)OC(=O)c2cc3c(s2)CC[C@H](C)C3)cc1. The predicted molar refractivity (Wildman–Crippen MR) is 95.9 cm³/mol. The van der Waals surface area contributed by atoms with E-state index in [-0.39, 0.29) is 5.78 Å². The van der Waals surface area contributed by atoms with Crippen molar-refractivity contribution in [1.29, 1.82) is 0 Å². The predicted octanol–water partition coefficient (Wildman–Crippen LogP) is 4.61. The van der Waals surface area contributed by atoms with Crippen molar-refractivity contribution in [1.82, 2.24) is 0 Å². The quantitative estimate of drug-likeness (QED) is 0.602. The lowest BCUT2D eigenvalue weighted by atomic mass is 9.90. The molecule has 0 fully saturated rings. The van der Waals surface area contributed by atoms with Gasteiger partial charge in [-0.3, -0.25) is 4.79 Å². The lowest BCUT2D eigenvalue weighted by Gasteiger charge is -2.16. The van der Waals surface area contributed by atoms with Crippen LogP contribution in [0.5, 0.6) is 0 Å². The maximum absolute atomic E-state index is 12.4. The summed E-state index contributed by atoms with van der Waals surface area (Å²) in [6, 6.07) is 9.26. The van der Waals surface area contributed by atoms with Gasteiger partial charge in [0.15, 0.2) is 6.10 Å². The van der Waals surface area contributed by atoms with Gasteiger partial charge in [0.25, 0.3) is 0 Å². The first kappa shape index (κ1) is 16.9. The normalized spacial score (nSPS) is 17.9. The molecule has 0 spiro atoms. The second-order valence-corrected chi connectivity index (χ2v) is 7.82. The van der Waals surface area contributed by atoms with E-state index in [2.05, 4.69) is 6.92 Å². The average molecular weight is 342 g/mol. The molecule has 4 heteroatoms. The highest BCUT2D eigenvalue weighted by atomic mass is 32.1. The van der Waals surface area contributed by atoms with E-state index in [1.807, 2.05) is 25.1 Å². The molecule has 0 unspecified atom stereocenters. The molecule has 1 aromatic carbocycles. The highest BCUT2D eigenvalue weighted by Crippen LogP contribution is 2.32. The van der Waals surface area contributed by atoms with Gasteiger partial charge in [-0.15, -0.1) is 11.3 Å². The maximum atomic E-state index is 12.4. The Bertz CT molecular complexity index is 758. The van der Waals surface area contributed by atoms with E-state index in [1.54, 1.807) is 19.1 Å². The summed E-state index contributed by atoms with van der Waals surface area (Å²) in [4.78, 5) is 26.7.